The van der Waals surface area contributed by atoms with Gasteiger partial charge in [-0.25, -0.2) is 4.79 Å². The summed E-state index contributed by atoms with van der Waals surface area (Å²) in [5.41, 5.74) is 1.21. The van der Waals surface area contributed by atoms with Gasteiger partial charge in [-0.3, -0.25) is 9.78 Å². The summed E-state index contributed by atoms with van der Waals surface area (Å²) in [6.45, 7) is 0.0846. The molecule has 0 fully saturated rings. The summed E-state index contributed by atoms with van der Waals surface area (Å²) in [5.74, 6) is -1.37. The lowest BCUT2D eigenvalue weighted by Crippen LogP contribution is -2.22. The molecule has 0 atom stereocenters. The molecule has 102 valence electrons. The normalized spacial score (nSPS) is 9.80. The molecule has 20 heavy (non-hydrogen) atoms. The lowest BCUT2D eigenvalue weighted by atomic mass is 10.2. The maximum atomic E-state index is 11.7. The van der Waals surface area contributed by atoms with Crippen LogP contribution in [0.3, 0.4) is 0 Å². The fourth-order valence-corrected chi connectivity index (χ4v) is 1.57. The van der Waals surface area contributed by atoms with E-state index in [1.807, 2.05) is 30.3 Å². The van der Waals surface area contributed by atoms with Gasteiger partial charge in [0.1, 0.15) is 0 Å². The summed E-state index contributed by atoms with van der Waals surface area (Å²) in [6, 6.07) is 10.7. The van der Waals surface area contributed by atoms with Gasteiger partial charge in [0.25, 0.3) is 0 Å². The van der Waals surface area contributed by atoms with Gasteiger partial charge in [-0.2, -0.15) is 0 Å². The van der Waals surface area contributed by atoms with Crippen LogP contribution in [0.1, 0.15) is 10.4 Å². The Morgan fingerprint density at radius 3 is 2.55 bits per heavy atom. The molecule has 1 aromatic carbocycles. The Bertz CT molecular complexity index is 614. The number of hydrogen-bond donors (Lipinski definition) is 3. The van der Waals surface area contributed by atoms with Crippen molar-refractivity contribution in [1.82, 2.24) is 4.98 Å². The third kappa shape index (κ3) is 3.81. The molecule has 6 heteroatoms. The minimum atomic E-state index is -1.09. The second-order valence-electron chi connectivity index (χ2n) is 4.04. The third-order valence-electron chi connectivity index (χ3n) is 2.50. The molecule has 0 aliphatic rings. The van der Waals surface area contributed by atoms with Gasteiger partial charge in [-0.05, 0) is 18.2 Å². The molecule has 0 unspecified atom stereocenters. The largest absolute Gasteiger partial charge is 0.478 e. The Balaban J connectivity index is 1.91. The minimum absolute atomic E-state index is 0.0267. The van der Waals surface area contributed by atoms with Crippen LogP contribution in [-0.2, 0) is 4.79 Å². The Kier molecular flexibility index (Phi) is 4.28. The zero-order valence-electron chi connectivity index (χ0n) is 10.5. The number of carbonyl (C=O) groups is 2. The van der Waals surface area contributed by atoms with Crippen molar-refractivity contribution in [2.75, 3.05) is 17.2 Å². The van der Waals surface area contributed by atoms with Crippen LogP contribution in [0, 0.1) is 0 Å². The van der Waals surface area contributed by atoms with Gasteiger partial charge in [0.15, 0.2) is 0 Å². The molecule has 1 amide bonds. The zero-order chi connectivity index (χ0) is 14.4. The van der Waals surface area contributed by atoms with E-state index < -0.39 is 5.97 Å². The second-order valence-corrected chi connectivity index (χ2v) is 4.04. The second kappa shape index (κ2) is 6.33. The number of aromatic carboxylic acids is 1. The number of nitrogens with one attached hydrogen (secondary N) is 2. The smallest absolute Gasteiger partial charge is 0.337 e. The van der Waals surface area contributed by atoms with Crippen molar-refractivity contribution >= 4 is 23.3 Å². The van der Waals surface area contributed by atoms with E-state index in [1.165, 1.54) is 18.5 Å². The van der Waals surface area contributed by atoms with E-state index in [9.17, 15) is 9.59 Å². The Hall–Kier alpha value is -2.89. The predicted octanol–water partition coefficient (Wildman–Crippen LogP) is 1.83. The average molecular weight is 271 g/mol. The van der Waals surface area contributed by atoms with Crippen molar-refractivity contribution in [3.8, 4) is 0 Å². The number of carbonyl (C=O) groups excluding carboxylic acids is 1. The number of aromatic nitrogens is 1. The van der Waals surface area contributed by atoms with Crippen molar-refractivity contribution in [3.05, 3.63) is 54.4 Å². The number of carboxylic acid groups (broad SMARTS) is 1. The molecular formula is C14H13N3O3. The molecule has 0 radical (unpaired) electrons. The van der Waals surface area contributed by atoms with Gasteiger partial charge >= 0.3 is 5.97 Å². The van der Waals surface area contributed by atoms with Gasteiger partial charge in [-0.15, -0.1) is 0 Å². The number of para-hydroxylation sites is 1. The summed E-state index contributed by atoms with van der Waals surface area (Å²) < 4.78 is 0. The number of carboxylic acids is 1. The molecule has 0 spiro atoms. The number of rotatable bonds is 5. The Morgan fingerprint density at radius 1 is 1.10 bits per heavy atom. The highest BCUT2D eigenvalue weighted by molar-refractivity contribution is 5.95. The number of anilines is 2. The molecular weight excluding hydrogens is 258 g/mol. The number of amides is 1. The van der Waals surface area contributed by atoms with Crippen LogP contribution in [0.15, 0.2) is 48.8 Å². The van der Waals surface area contributed by atoms with Gasteiger partial charge < -0.3 is 15.7 Å². The number of nitrogens with zero attached hydrogens (tertiary/aromatic N) is 1. The topological polar surface area (TPSA) is 91.3 Å². The predicted molar refractivity (Wildman–Crippen MR) is 74.8 cm³/mol. The van der Waals surface area contributed by atoms with Gasteiger partial charge in [0, 0.05) is 11.9 Å². The Labute approximate surface area is 115 Å². The van der Waals surface area contributed by atoms with Crippen LogP contribution < -0.4 is 10.6 Å². The van der Waals surface area contributed by atoms with Crippen LogP contribution in [0.4, 0.5) is 11.4 Å². The molecule has 3 N–H and O–H groups in total. The highest BCUT2D eigenvalue weighted by Gasteiger charge is 2.06. The summed E-state index contributed by atoms with van der Waals surface area (Å²) in [5, 5.41) is 14.4. The molecule has 0 bridgehead atoms. The van der Waals surface area contributed by atoms with E-state index in [0.29, 0.717) is 5.69 Å². The summed E-state index contributed by atoms with van der Waals surface area (Å²) in [7, 11) is 0. The fraction of sp³-hybridized carbons (Fsp3) is 0.0714. The van der Waals surface area contributed by atoms with E-state index in [-0.39, 0.29) is 18.0 Å². The molecule has 0 aliphatic heterocycles. The number of hydrogen-bond acceptors (Lipinski definition) is 4. The lowest BCUT2D eigenvalue weighted by molar-refractivity contribution is -0.114. The molecule has 0 aliphatic carbocycles. The summed E-state index contributed by atoms with van der Waals surface area (Å²) in [6.07, 6.45) is 2.62. The average Bonchev–Trinajstić information content (AvgIpc) is 2.46. The number of benzene rings is 1. The molecule has 2 aromatic rings. The van der Waals surface area contributed by atoms with Crippen LogP contribution in [0.25, 0.3) is 0 Å². The summed E-state index contributed by atoms with van der Waals surface area (Å²) in [4.78, 5) is 26.3. The molecule has 1 aromatic heterocycles. The van der Waals surface area contributed by atoms with Gasteiger partial charge in [0.2, 0.25) is 5.91 Å². The van der Waals surface area contributed by atoms with E-state index in [0.717, 1.165) is 5.69 Å². The van der Waals surface area contributed by atoms with E-state index in [1.54, 1.807) is 0 Å². The first-order chi connectivity index (χ1) is 9.65. The first kappa shape index (κ1) is 13.5. The van der Waals surface area contributed by atoms with Crippen LogP contribution >= 0.6 is 0 Å². The van der Waals surface area contributed by atoms with Gasteiger partial charge in [0.05, 0.1) is 24.0 Å². The van der Waals surface area contributed by atoms with Crippen molar-refractivity contribution in [2.45, 2.75) is 0 Å². The van der Waals surface area contributed by atoms with Crippen LogP contribution in [0.2, 0.25) is 0 Å². The van der Waals surface area contributed by atoms with Crippen LogP contribution in [0.5, 0.6) is 0 Å². The van der Waals surface area contributed by atoms with Crippen molar-refractivity contribution in [2.24, 2.45) is 0 Å². The molecule has 6 nitrogen and oxygen atoms in total. The molecule has 2 rings (SSSR count). The first-order valence-corrected chi connectivity index (χ1v) is 5.92. The van der Waals surface area contributed by atoms with E-state index in [2.05, 4.69) is 15.6 Å². The Morgan fingerprint density at radius 2 is 1.85 bits per heavy atom. The third-order valence-corrected chi connectivity index (χ3v) is 2.50. The van der Waals surface area contributed by atoms with Crippen LogP contribution in [-0.4, -0.2) is 28.5 Å². The molecule has 1 heterocycles. The monoisotopic (exact) mass is 271 g/mol. The minimum Gasteiger partial charge on any atom is -0.478 e. The quantitative estimate of drug-likeness (QED) is 0.771. The highest BCUT2D eigenvalue weighted by Crippen LogP contribution is 2.09. The first-order valence-electron chi connectivity index (χ1n) is 5.92. The van der Waals surface area contributed by atoms with Crippen molar-refractivity contribution < 1.29 is 14.7 Å². The standard InChI is InChI=1S/C14H13N3O3/c18-13(9-16-11-4-2-1-3-5-11)17-12-6-10(14(19)20)7-15-8-12/h1-8,16H,9H2,(H,17,18)(H,19,20). The van der Waals surface area contributed by atoms with Gasteiger partial charge in [-0.1, -0.05) is 18.2 Å². The number of pyridine rings is 1. The van der Waals surface area contributed by atoms with Crippen molar-refractivity contribution in [3.63, 3.8) is 0 Å². The maximum absolute atomic E-state index is 11.7. The van der Waals surface area contributed by atoms with E-state index >= 15 is 0 Å². The lowest BCUT2D eigenvalue weighted by Gasteiger charge is -2.07. The zero-order valence-corrected chi connectivity index (χ0v) is 10.5. The maximum Gasteiger partial charge on any atom is 0.337 e. The SMILES string of the molecule is O=C(CNc1ccccc1)Nc1cncc(C(=O)O)c1. The molecule has 0 saturated heterocycles. The highest BCUT2D eigenvalue weighted by atomic mass is 16.4. The molecule has 0 saturated carbocycles. The summed E-state index contributed by atoms with van der Waals surface area (Å²) >= 11 is 0. The fourth-order valence-electron chi connectivity index (χ4n) is 1.57. The van der Waals surface area contributed by atoms with E-state index in [4.69, 9.17) is 5.11 Å². The van der Waals surface area contributed by atoms with Crippen molar-refractivity contribution in [1.29, 1.82) is 0 Å².